The Bertz CT molecular complexity index is 629. The monoisotopic (exact) mass is 299 g/mol. The van der Waals surface area contributed by atoms with E-state index in [0.717, 1.165) is 5.57 Å². The predicted molar refractivity (Wildman–Crippen MR) is 87.0 cm³/mol. The van der Waals surface area contributed by atoms with E-state index in [0.29, 0.717) is 11.3 Å². The van der Waals surface area contributed by atoms with Gasteiger partial charge in [-0.15, -0.1) is 0 Å². The number of carboxylic acids is 1. The number of benzene rings is 1. The van der Waals surface area contributed by atoms with Crippen molar-refractivity contribution in [2.24, 2.45) is 9.98 Å². The molecule has 1 aromatic carbocycles. The van der Waals surface area contributed by atoms with Crippen LogP contribution >= 0.6 is 0 Å². The number of rotatable bonds is 7. The molecular formula is C16H17N3O3. The van der Waals surface area contributed by atoms with E-state index in [-0.39, 0.29) is 0 Å². The lowest BCUT2D eigenvalue weighted by Gasteiger charge is -2.02. The molecule has 0 saturated carbocycles. The summed E-state index contributed by atoms with van der Waals surface area (Å²) in [6.07, 6.45) is 6.85. The molecule has 0 heterocycles. The van der Waals surface area contributed by atoms with E-state index in [9.17, 15) is 9.59 Å². The summed E-state index contributed by atoms with van der Waals surface area (Å²) >= 11 is 0. The molecule has 0 saturated heterocycles. The van der Waals surface area contributed by atoms with E-state index in [4.69, 9.17) is 5.11 Å². The molecule has 2 N–H and O–H groups in total. The molecule has 0 bridgehead atoms. The number of hydrogen-bond acceptors (Lipinski definition) is 4. The van der Waals surface area contributed by atoms with Gasteiger partial charge in [0.15, 0.2) is 0 Å². The molecule has 0 fully saturated rings. The van der Waals surface area contributed by atoms with Crippen molar-refractivity contribution in [3.05, 3.63) is 53.8 Å². The number of amides is 1. The van der Waals surface area contributed by atoms with Crippen molar-refractivity contribution in [1.82, 2.24) is 5.32 Å². The minimum absolute atomic E-state index is 0.382. The zero-order valence-electron chi connectivity index (χ0n) is 12.2. The quantitative estimate of drug-likeness (QED) is 0.598. The van der Waals surface area contributed by atoms with Gasteiger partial charge in [0.2, 0.25) is 0 Å². The molecule has 0 aliphatic carbocycles. The van der Waals surface area contributed by atoms with Crippen LogP contribution in [0.1, 0.15) is 17.3 Å². The fourth-order valence-electron chi connectivity index (χ4n) is 1.43. The molecule has 1 amide bonds. The summed E-state index contributed by atoms with van der Waals surface area (Å²) in [6.45, 7) is 4.82. The second-order valence-corrected chi connectivity index (χ2v) is 4.32. The Morgan fingerprint density at radius 1 is 1.32 bits per heavy atom. The van der Waals surface area contributed by atoms with Crippen LogP contribution in [0.4, 0.5) is 5.69 Å². The Morgan fingerprint density at radius 3 is 2.59 bits per heavy atom. The summed E-state index contributed by atoms with van der Waals surface area (Å²) in [5.74, 6) is -1.52. The topological polar surface area (TPSA) is 91.1 Å². The van der Waals surface area contributed by atoms with Gasteiger partial charge < -0.3 is 10.4 Å². The minimum Gasteiger partial charge on any atom is -0.480 e. The number of nitrogens with one attached hydrogen (secondary N) is 1. The van der Waals surface area contributed by atoms with Crippen LogP contribution in [0.5, 0.6) is 0 Å². The summed E-state index contributed by atoms with van der Waals surface area (Å²) in [7, 11) is 0. The van der Waals surface area contributed by atoms with Crippen molar-refractivity contribution in [3.63, 3.8) is 0 Å². The highest BCUT2D eigenvalue weighted by Gasteiger charge is 2.06. The maximum absolute atomic E-state index is 11.6. The lowest BCUT2D eigenvalue weighted by molar-refractivity contribution is -0.135. The highest BCUT2D eigenvalue weighted by atomic mass is 16.4. The second kappa shape index (κ2) is 9.02. The van der Waals surface area contributed by atoms with Gasteiger partial charge in [0, 0.05) is 18.0 Å². The Labute approximate surface area is 128 Å². The minimum atomic E-state index is -1.09. The number of carboxylic acid groups (broad SMARTS) is 1. The summed E-state index contributed by atoms with van der Waals surface area (Å²) in [4.78, 5) is 29.9. The maximum atomic E-state index is 11.6. The third-order valence-corrected chi connectivity index (χ3v) is 2.50. The molecule has 1 rings (SSSR count). The Balaban J connectivity index is 2.66. The maximum Gasteiger partial charge on any atom is 0.322 e. The van der Waals surface area contributed by atoms with Crippen molar-refractivity contribution in [2.75, 3.05) is 6.54 Å². The zero-order chi connectivity index (χ0) is 16.4. The standard InChI is InChI=1S/C16H17N3O3/c1-12(4-3-9-17-2)10-18-14-7-5-13(6-8-14)16(22)19-11-15(20)21/h3-10H,2,11H2,1H3,(H,19,22)(H,20,21)/b9-3-,12-4+,18-10?. The largest absolute Gasteiger partial charge is 0.480 e. The van der Waals surface area contributed by atoms with Crippen molar-refractivity contribution >= 4 is 30.5 Å². The van der Waals surface area contributed by atoms with Crippen LogP contribution in [0, 0.1) is 0 Å². The second-order valence-electron chi connectivity index (χ2n) is 4.32. The highest BCUT2D eigenvalue weighted by Crippen LogP contribution is 2.13. The molecular weight excluding hydrogens is 282 g/mol. The lowest BCUT2D eigenvalue weighted by atomic mass is 10.2. The fourth-order valence-corrected chi connectivity index (χ4v) is 1.43. The molecule has 0 unspecified atom stereocenters. The molecule has 0 aromatic heterocycles. The summed E-state index contributed by atoms with van der Waals surface area (Å²) in [5, 5.41) is 10.8. The van der Waals surface area contributed by atoms with E-state index >= 15 is 0 Å². The summed E-state index contributed by atoms with van der Waals surface area (Å²) in [6, 6.07) is 6.54. The molecule has 6 nitrogen and oxygen atoms in total. The molecule has 114 valence electrons. The molecule has 1 aromatic rings. The van der Waals surface area contributed by atoms with Gasteiger partial charge in [-0.1, -0.05) is 6.08 Å². The third-order valence-electron chi connectivity index (χ3n) is 2.50. The molecule has 22 heavy (non-hydrogen) atoms. The third kappa shape index (κ3) is 6.42. The van der Waals surface area contributed by atoms with Crippen LogP contribution in [0.2, 0.25) is 0 Å². The Morgan fingerprint density at radius 2 is 2.00 bits per heavy atom. The van der Waals surface area contributed by atoms with Gasteiger partial charge >= 0.3 is 5.97 Å². The number of carbonyl (C=O) groups excluding carboxylic acids is 1. The van der Waals surface area contributed by atoms with E-state index in [2.05, 4.69) is 22.0 Å². The van der Waals surface area contributed by atoms with Crippen molar-refractivity contribution in [1.29, 1.82) is 0 Å². The number of carbonyl (C=O) groups is 2. The van der Waals surface area contributed by atoms with Crippen LogP contribution in [0.3, 0.4) is 0 Å². The molecule has 0 radical (unpaired) electrons. The van der Waals surface area contributed by atoms with Gasteiger partial charge in [0.25, 0.3) is 5.91 Å². The van der Waals surface area contributed by atoms with Gasteiger partial charge in [-0.25, -0.2) is 0 Å². The number of nitrogens with zero attached hydrogens (tertiary/aromatic N) is 2. The smallest absolute Gasteiger partial charge is 0.322 e. The molecule has 0 aliphatic heterocycles. The van der Waals surface area contributed by atoms with Gasteiger partial charge in [-0.3, -0.25) is 19.6 Å². The molecule has 0 atom stereocenters. The van der Waals surface area contributed by atoms with E-state index in [1.165, 1.54) is 0 Å². The van der Waals surface area contributed by atoms with E-state index < -0.39 is 18.4 Å². The highest BCUT2D eigenvalue weighted by molar-refractivity contribution is 5.96. The zero-order valence-corrected chi connectivity index (χ0v) is 12.2. The van der Waals surface area contributed by atoms with E-state index in [1.807, 2.05) is 13.0 Å². The van der Waals surface area contributed by atoms with Crippen molar-refractivity contribution in [2.45, 2.75) is 6.92 Å². The first-order valence-electron chi connectivity index (χ1n) is 6.46. The van der Waals surface area contributed by atoms with Gasteiger partial charge in [-0.05, 0) is 49.6 Å². The Kier molecular flexibility index (Phi) is 6.98. The van der Waals surface area contributed by atoms with Gasteiger partial charge in [0.1, 0.15) is 6.54 Å². The molecule has 0 spiro atoms. The van der Waals surface area contributed by atoms with Gasteiger partial charge in [-0.2, -0.15) is 0 Å². The van der Waals surface area contributed by atoms with Crippen LogP contribution in [-0.4, -0.2) is 36.5 Å². The van der Waals surface area contributed by atoms with Crippen LogP contribution in [0.15, 0.2) is 58.2 Å². The molecule has 6 heteroatoms. The first-order valence-corrected chi connectivity index (χ1v) is 6.46. The average Bonchev–Trinajstić information content (AvgIpc) is 2.51. The summed E-state index contributed by atoms with van der Waals surface area (Å²) in [5.41, 5.74) is 2.00. The van der Waals surface area contributed by atoms with Crippen molar-refractivity contribution < 1.29 is 14.7 Å². The van der Waals surface area contributed by atoms with E-state index in [1.54, 1.807) is 42.8 Å². The predicted octanol–water partition coefficient (Wildman–Crippen LogP) is 2.36. The SMILES string of the molecule is C=N/C=C\C=C(/C)C=Nc1ccc(C(=O)NCC(=O)O)cc1. The fraction of sp³-hybridized carbons (Fsp3) is 0.125. The first-order chi connectivity index (χ1) is 10.5. The number of aliphatic carboxylic acids is 1. The number of hydrogen-bond donors (Lipinski definition) is 2. The lowest BCUT2D eigenvalue weighted by Crippen LogP contribution is -2.29. The van der Waals surface area contributed by atoms with Gasteiger partial charge in [0.05, 0.1) is 5.69 Å². The normalized spacial score (nSPS) is 11.8. The van der Waals surface area contributed by atoms with Crippen LogP contribution in [-0.2, 0) is 4.79 Å². The van der Waals surface area contributed by atoms with Crippen LogP contribution in [0.25, 0.3) is 0 Å². The first kappa shape index (κ1) is 17.0. The van der Waals surface area contributed by atoms with Crippen LogP contribution < -0.4 is 5.32 Å². The van der Waals surface area contributed by atoms with Crippen molar-refractivity contribution in [3.8, 4) is 0 Å². The summed E-state index contributed by atoms with van der Waals surface area (Å²) < 4.78 is 0. The Hall–Kier alpha value is -3.02. The molecule has 0 aliphatic rings. The number of allylic oxidation sites excluding steroid dienone is 3. The average molecular weight is 299 g/mol. The number of aliphatic imine (C=N–C) groups is 2.